The Kier molecular flexibility index (Phi) is 6.02. The summed E-state index contributed by atoms with van der Waals surface area (Å²) in [6.07, 6.45) is 2.05. The largest absolute Gasteiger partial charge is 0.303 e. The van der Waals surface area contributed by atoms with Crippen molar-refractivity contribution in [1.82, 2.24) is 0 Å². The summed E-state index contributed by atoms with van der Waals surface area (Å²) < 4.78 is 0. The van der Waals surface area contributed by atoms with Gasteiger partial charge in [0, 0.05) is 0 Å². The summed E-state index contributed by atoms with van der Waals surface area (Å²) in [5.41, 5.74) is 0. The van der Waals surface area contributed by atoms with Gasteiger partial charge in [-0.1, -0.05) is 6.82 Å². The molecule has 0 saturated carbocycles. The Morgan fingerprint density at radius 1 is 1.57 bits per heavy atom. The van der Waals surface area contributed by atoms with Crippen molar-refractivity contribution in [3.63, 3.8) is 0 Å². The summed E-state index contributed by atoms with van der Waals surface area (Å²) in [5, 5.41) is 5.76. The van der Waals surface area contributed by atoms with Gasteiger partial charge in [-0.05, 0) is 6.26 Å². The Bertz CT molecular complexity index is 43.9. The molecule has 0 atom stereocenters. The fourth-order valence-electron chi connectivity index (χ4n) is 0.158. The Morgan fingerprint density at radius 3 is 2.29 bits per heavy atom. The molecule has 0 aliphatic heterocycles. The van der Waals surface area contributed by atoms with Crippen LogP contribution in [0.15, 0.2) is 0 Å². The second-order valence-corrected chi connectivity index (χ2v) is 5.05. The molecule has 0 aliphatic carbocycles. The van der Waals surface area contributed by atoms with E-state index in [2.05, 4.69) is 13.1 Å². The summed E-state index contributed by atoms with van der Waals surface area (Å²) in [5.74, 6) is 0. The van der Waals surface area contributed by atoms with Crippen LogP contribution >= 0.6 is 33.2 Å². The maximum absolute atomic E-state index is 5.24. The zero-order chi connectivity index (χ0) is 5.70. The van der Waals surface area contributed by atoms with Crippen molar-refractivity contribution in [2.45, 2.75) is 6.82 Å². The van der Waals surface area contributed by atoms with Crippen molar-refractivity contribution in [2.75, 3.05) is 6.26 Å². The van der Waals surface area contributed by atoms with E-state index in [0.29, 0.717) is 5.27 Å². The average molecular weight is 153 g/mol. The predicted molar refractivity (Wildman–Crippen MR) is 44.5 cm³/mol. The normalized spacial score (nSPS) is 9.00. The molecule has 0 unspecified atom stereocenters. The fraction of sp³-hybridized carbons (Fsp3) is 1.00. The first-order chi connectivity index (χ1) is 3.31. The molecule has 0 amide bonds. The van der Waals surface area contributed by atoms with Crippen LogP contribution in [0, 0.1) is 0 Å². The van der Waals surface area contributed by atoms with E-state index in [9.17, 15) is 0 Å². The molecule has 0 bridgehead atoms. The second kappa shape index (κ2) is 5.22. The predicted octanol–water partition coefficient (Wildman–Crippen LogP) is 1.72. The molecule has 0 radical (unpaired) electrons. The van der Waals surface area contributed by atoms with E-state index < -0.39 is 0 Å². The Hall–Kier alpha value is 1.07. The zero-order valence-electron chi connectivity index (χ0n) is 4.38. The molecule has 0 spiro atoms. The lowest BCUT2D eigenvalue weighted by molar-refractivity contribution is 2.06. The topological polar surface area (TPSA) is 26.0 Å². The molecule has 42 valence electrons. The summed E-state index contributed by atoms with van der Waals surface area (Å²) >= 11 is 1.39. The Labute approximate surface area is 57.0 Å². The molecule has 0 saturated heterocycles. The molecule has 0 aromatic rings. The van der Waals surface area contributed by atoms with Crippen LogP contribution in [-0.4, -0.2) is 11.5 Å². The van der Waals surface area contributed by atoms with E-state index in [0.717, 1.165) is 0 Å². The molecule has 0 heterocycles. The van der Waals surface area contributed by atoms with Gasteiger partial charge in [0.05, 0.1) is 0 Å². The van der Waals surface area contributed by atoms with Crippen molar-refractivity contribution in [3.05, 3.63) is 0 Å². The summed E-state index contributed by atoms with van der Waals surface area (Å²) in [4.78, 5) is 0. The van der Waals surface area contributed by atoms with Gasteiger partial charge >= 0.3 is 5.27 Å². The molecule has 5 heteroatoms. The second-order valence-electron chi connectivity index (χ2n) is 0.967. The van der Waals surface area contributed by atoms with Crippen LogP contribution in [0.5, 0.6) is 0 Å². The highest BCUT2D eigenvalue weighted by Gasteiger charge is 2.02. The number of rotatable bonds is 3. The van der Waals surface area contributed by atoms with Gasteiger partial charge in [-0.3, -0.25) is 5.14 Å². The quantitative estimate of drug-likeness (QED) is 0.379. The van der Waals surface area contributed by atoms with Crippen LogP contribution < -0.4 is 5.14 Å². The van der Waals surface area contributed by atoms with Crippen molar-refractivity contribution in [2.24, 2.45) is 5.14 Å². The van der Waals surface area contributed by atoms with Gasteiger partial charge in [-0.2, -0.15) is 0 Å². The van der Waals surface area contributed by atoms with E-state index in [4.69, 9.17) is 5.14 Å². The molecule has 1 nitrogen and oxygen atoms in total. The molecular formula is C2H8BNS3. The minimum atomic E-state index is 0.523. The number of hydrogen-bond acceptors (Lipinski definition) is 4. The van der Waals surface area contributed by atoms with Gasteiger partial charge in [0.15, 0.2) is 0 Å². The Morgan fingerprint density at radius 2 is 2.14 bits per heavy atom. The van der Waals surface area contributed by atoms with Crippen molar-refractivity contribution in [3.8, 4) is 0 Å². The molecule has 0 aromatic heterocycles. The van der Waals surface area contributed by atoms with Gasteiger partial charge < -0.3 is 0 Å². The Balaban J connectivity index is 2.83. The van der Waals surface area contributed by atoms with Crippen LogP contribution in [-0.2, 0) is 0 Å². The third-order valence-corrected chi connectivity index (χ3v) is 3.70. The first-order valence-corrected chi connectivity index (χ1v) is 5.42. The number of hydrogen-bond donors (Lipinski definition) is 1. The van der Waals surface area contributed by atoms with Gasteiger partial charge in [0.1, 0.15) is 0 Å². The third-order valence-electron chi connectivity index (χ3n) is 0.423. The fourth-order valence-corrected chi connectivity index (χ4v) is 2.54. The lowest BCUT2D eigenvalue weighted by atomic mass is 10.2. The van der Waals surface area contributed by atoms with Gasteiger partial charge in [-0.15, -0.1) is 33.2 Å². The van der Waals surface area contributed by atoms with Crippen LogP contribution in [0.2, 0.25) is 6.82 Å². The van der Waals surface area contributed by atoms with Crippen LogP contribution in [0.1, 0.15) is 0 Å². The maximum Gasteiger partial charge on any atom is 0.303 e. The average Bonchev–Trinajstić information content (AvgIpc) is 1.68. The van der Waals surface area contributed by atoms with Gasteiger partial charge in [-0.25, -0.2) is 0 Å². The van der Waals surface area contributed by atoms with Crippen molar-refractivity contribution < 1.29 is 0 Å². The van der Waals surface area contributed by atoms with Crippen LogP contribution in [0.25, 0.3) is 0 Å². The van der Waals surface area contributed by atoms with Crippen LogP contribution in [0.4, 0.5) is 0 Å². The molecule has 0 aromatic carbocycles. The van der Waals surface area contributed by atoms with E-state index in [1.807, 2.05) is 0 Å². The van der Waals surface area contributed by atoms with E-state index in [1.54, 1.807) is 21.4 Å². The lowest BCUT2D eigenvalue weighted by Crippen LogP contribution is -1.96. The van der Waals surface area contributed by atoms with Gasteiger partial charge in [0.25, 0.3) is 0 Å². The SMILES string of the molecule is CSSB(C)SN. The van der Waals surface area contributed by atoms with E-state index in [-0.39, 0.29) is 0 Å². The van der Waals surface area contributed by atoms with Gasteiger partial charge in [0.2, 0.25) is 0 Å². The molecule has 0 fully saturated rings. The molecular weight excluding hydrogens is 145 g/mol. The van der Waals surface area contributed by atoms with E-state index in [1.165, 1.54) is 11.8 Å². The minimum Gasteiger partial charge on any atom is -0.286 e. The summed E-state index contributed by atoms with van der Waals surface area (Å²) in [6, 6.07) is 0. The monoisotopic (exact) mass is 153 g/mol. The zero-order valence-corrected chi connectivity index (χ0v) is 6.83. The van der Waals surface area contributed by atoms with Crippen molar-refractivity contribution >= 4 is 38.5 Å². The lowest BCUT2D eigenvalue weighted by Gasteiger charge is -1.96. The molecule has 7 heavy (non-hydrogen) atoms. The van der Waals surface area contributed by atoms with Crippen molar-refractivity contribution in [1.29, 1.82) is 0 Å². The standard InChI is InChI=1S/C2H8BNS3/c1-3(6-4)7-5-2/h4H2,1-2H3. The molecule has 0 aliphatic rings. The maximum atomic E-state index is 5.24. The summed E-state index contributed by atoms with van der Waals surface area (Å²) in [7, 11) is 3.54. The first kappa shape index (κ1) is 8.07. The smallest absolute Gasteiger partial charge is 0.286 e. The highest BCUT2D eigenvalue weighted by molar-refractivity contribution is 8.92. The molecule has 2 N–H and O–H groups in total. The third kappa shape index (κ3) is 4.94. The summed E-state index contributed by atoms with van der Waals surface area (Å²) in [6.45, 7) is 2.09. The molecule has 0 rings (SSSR count). The van der Waals surface area contributed by atoms with Crippen LogP contribution in [0.3, 0.4) is 0 Å². The van der Waals surface area contributed by atoms with E-state index >= 15 is 0 Å². The highest BCUT2D eigenvalue weighted by atomic mass is 33.1. The minimum absolute atomic E-state index is 0.523. The highest BCUT2D eigenvalue weighted by Crippen LogP contribution is 2.24. The first-order valence-electron chi connectivity index (χ1n) is 1.86. The number of nitrogens with two attached hydrogens (primary N) is 1.